The second-order valence-corrected chi connectivity index (χ2v) is 4.43. The quantitative estimate of drug-likeness (QED) is 0.652. The van der Waals surface area contributed by atoms with E-state index in [-0.39, 0.29) is 36.4 Å². The molecule has 5 heteroatoms. The Morgan fingerprint density at radius 3 is 2.53 bits per heavy atom. The molecule has 0 aromatic heterocycles. The van der Waals surface area contributed by atoms with Crippen molar-refractivity contribution in [2.75, 3.05) is 13.1 Å². The van der Waals surface area contributed by atoms with Crippen LogP contribution in [0.15, 0.2) is 0 Å². The highest BCUT2D eigenvalue weighted by atomic mass is 16.2. The first-order valence-corrected chi connectivity index (χ1v) is 5.26. The van der Waals surface area contributed by atoms with Crippen molar-refractivity contribution in [1.29, 1.82) is 0 Å². The third-order valence-electron chi connectivity index (χ3n) is 2.45. The van der Waals surface area contributed by atoms with Gasteiger partial charge in [-0.15, -0.1) is 0 Å². The molecule has 3 N–H and O–H groups in total. The van der Waals surface area contributed by atoms with E-state index in [0.717, 1.165) is 0 Å². The van der Waals surface area contributed by atoms with Crippen LogP contribution in [-0.2, 0) is 9.59 Å². The fraction of sp³-hybridized carbons (Fsp3) is 0.800. The zero-order valence-corrected chi connectivity index (χ0v) is 9.49. The van der Waals surface area contributed by atoms with Crippen molar-refractivity contribution in [1.82, 2.24) is 10.2 Å². The van der Waals surface area contributed by atoms with Gasteiger partial charge in [0.15, 0.2) is 0 Å². The van der Waals surface area contributed by atoms with Crippen LogP contribution in [0.2, 0.25) is 0 Å². The van der Waals surface area contributed by atoms with Gasteiger partial charge in [0.25, 0.3) is 0 Å². The van der Waals surface area contributed by atoms with Gasteiger partial charge in [0.2, 0.25) is 11.8 Å². The maximum absolute atomic E-state index is 11.6. The topological polar surface area (TPSA) is 75.4 Å². The molecule has 2 unspecified atom stereocenters. The number of rotatable bonds is 3. The maximum Gasteiger partial charge on any atom is 0.243 e. The highest BCUT2D eigenvalue weighted by Gasteiger charge is 2.36. The van der Waals surface area contributed by atoms with E-state index in [9.17, 15) is 9.59 Å². The number of hydrogen-bond donors (Lipinski definition) is 2. The second kappa shape index (κ2) is 4.61. The Labute approximate surface area is 90.0 Å². The molecule has 1 rings (SSSR count). The van der Waals surface area contributed by atoms with E-state index >= 15 is 0 Å². The smallest absolute Gasteiger partial charge is 0.243 e. The first kappa shape index (κ1) is 12.0. The predicted octanol–water partition coefficient (Wildman–Crippen LogP) is -0.683. The Balaban J connectivity index is 2.83. The van der Waals surface area contributed by atoms with Gasteiger partial charge in [-0.25, -0.2) is 0 Å². The number of carbonyl (C=O) groups excluding carboxylic acids is 2. The minimum absolute atomic E-state index is 0.0504. The first-order chi connectivity index (χ1) is 6.93. The summed E-state index contributed by atoms with van der Waals surface area (Å²) in [5, 5.41) is 2.60. The monoisotopic (exact) mass is 213 g/mol. The molecule has 1 heterocycles. The minimum Gasteiger partial charge on any atom is -0.345 e. The van der Waals surface area contributed by atoms with E-state index in [0.29, 0.717) is 6.54 Å². The van der Waals surface area contributed by atoms with Crippen molar-refractivity contribution >= 4 is 11.8 Å². The van der Waals surface area contributed by atoms with Gasteiger partial charge in [0.05, 0.1) is 6.54 Å². The average molecular weight is 213 g/mol. The van der Waals surface area contributed by atoms with Gasteiger partial charge < -0.3 is 16.0 Å². The number of nitrogens with one attached hydrogen (secondary N) is 1. The van der Waals surface area contributed by atoms with Crippen molar-refractivity contribution in [2.45, 2.75) is 32.9 Å². The fourth-order valence-electron chi connectivity index (χ4n) is 1.85. The summed E-state index contributed by atoms with van der Waals surface area (Å²) in [5.74, 6) is -0.0242. The molecule has 1 aliphatic heterocycles. The molecule has 0 aliphatic carbocycles. The first-order valence-electron chi connectivity index (χ1n) is 5.26. The molecule has 86 valence electrons. The Bertz CT molecular complexity index is 263. The van der Waals surface area contributed by atoms with Crippen molar-refractivity contribution in [3.63, 3.8) is 0 Å². The summed E-state index contributed by atoms with van der Waals surface area (Å²) in [6.07, 6.45) is 0. The molecule has 1 aliphatic rings. The minimum atomic E-state index is -0.378. The van der Waals surface area contributed by atoms with Crippen molar-refractivity contribution < 1.29 is 9.59 Å². The summed E-state index contributed by atoms with van der Waals surface area (Å²) in [6.45, 7) is 6.22. The molecule has 0 aromatic rings. The van der Waals surface area contributed by atoms with Gasteiger partial charge >= 0.3 is 0 Å². The summed E-state index contributed by atoms with van der Waals surface area (Å²) in [5.41, 5.74) is 5.67. The number of amides is 2. The summed E-state index contributed by atoms with van der Waals surface area (Å²) in [6, 6.07) is -0.488. The van der Waals surface area contributed by atoms with Crippen molar-refractivity contribution in [3.8, 4) is 0 Å². The number of nitrogens with zero attached hydrogens (tertiary/aromatic N) is 1. The molecule has 0 aromatic carbocycles. The molecule has 0 spiro atoms. The van der Waals surface area contributed by atoms with Gasteiger partial charge in [-0.1, -0.05) is 13.8 Å². The van der Waals surface area contributed by atoms with Crippen LogP contribution in [-0.4, -0.2) is 41.9 Å². The summed E-state index contributed by atoms with van der Waals surface area (Å²) in [7, 11) is 0. The highest BCUT2D eigenvalue weighted by Crippen LogP contribution is 2.14. The van der Waals surface area contributed by atoms with Crippen LogP contribution in [0.4, 0.5) is 0 Å². The molecule has 15 heavy (non-hydrogen) atoms. The van der Waals surface area contributed by atoms with Crippen molar-refractivity contribution in [2.24, 2.45) is 11.7 Å². The fourth-order valence-corrected chi connectivity index (χ4v) is 1.85. The number of hydrogen-bond acceptors (Lipinski definition) is 3. The summed E-state index contributed by atoms with van der Waals surface area (Å²) < 4.78 is 0. The van der Waals surface area contributed by atoms with Gasteiger partial charge in [-0.3, -0.25) is 9.59 Å². The van der Waals surface area contributed by atoms with Crippen molar-refractivity contribution in [3.05, 3.63) is 0 Å². The Kier molecular flexibility index (Phi) is 3.68. The molecular weight excluding hydrogens is 194 g/mol. The molecule has 0 bridgehead atoms. The lowest BCUT2D eigenvalue weighted by atomic mass is 9.99. The van der Waals surface area contributed by atoms with Crippen LogP contribution in [0.25, 0.3) is 0 Å². The van der Waals surface area contributed by atoms with Gasteiger partial charge in [0.1, 0.15) is 6.04 Å². The second-order valence-electron chi connectivity index (χ2n) is 4.43. The Morgan fingerprint density at radius 1 is 1.47 bits per heavy atom. The third kappa shape index (κ3) is 2.68. The van der Waals surface area contributed by atoms with E-state index in [1.165, 1.54) is 0 Å². The molecule has 5 nitrogen and oxygen atoms in total. The lowest BCUT2D eigenvalue weighted by Crippen LogP contribution is -2.62. The molecule has 0 saturated carbocycles. The lowest BCUT2D eigenvalue weighted by molar-refractivity contribution is -0.147. The van der Waals surface area contributed by atoms with Crippen LogP contribution < -0.4 is 11.1 Å². The zero-order valence-electron chi connectivity index (χ0n) is 9.49. The van der Waals surface area contributed by atoms with Gasteiger partial charge in [-0.05, 0) is 12.8 Å². The lowest BCUT2D eigenvalue weighted by Gasteiger charge is -2.38. The summed E-state index contributed by atoms with van der Waals surface area (Å²) >= 11 is 0. The third-order valence-corrected chi connectivity index (χ3v) is 2.45. The molecular formula is C10H19N3O2. The molecule has 1 saturated heterocycles. The number of carbonyl (C=O) groups is 2. The standard InChI is InChI=1S/C10H19N3O2/c1-6(2)9-10(15)12-4-8(14)13(9)5-7(3)11/h6-7,9H,4-5,11H2,1-3H3,(H,12,15). The van der Waals surface area contributed by atoms with Crippen LogP contribution in [0.3, 0.4) is 0 Å². The van der Waals surface area contributed by atoms with Crippen LogP contribution in [0, 0.1) is 5.92 Å². The average Bonchev–Trinajstić information content (AvgIpc) is 2.10. The van der Waals surface area contributed by atoms with Gasteiger partial charge in [0, 0.05) is 12.6 Å². The van der Waals surface area contributed by atoms with E-state index in [4.69, 9.17) is 5.73 Å². The van der Waals surface area contributed by atoms with Crippen LogP contribution in [0.5, 0.6) is 0 Å². The molecule has 1 fully saturated rings. The van der Waals surface area contributed by atoms with E-state index in [2.05, 4.69) is 5.32 Å². The number of piperazine rings is 1. The van der Waals surface area contributed by atoms with Gasteiger partial charge in [-0.2, -0.15) is 0 Å². The van der Waals surface area contributed by atoms with Crippen LogP contribution >= 0.6 is 0 Å². The predicted molar refractivity (Wildman–Crippen MR) is 57.0 cm³/mol. The Hall–Kier alpha value is -1.10. The van der Waals surface area contributed by atoms with Crippen LogP contribution in [0.1, 0.15) is 20.8 Å². The molecule has 0 radical (unpaired) electrons. The largest absolute Gasteiger partial charge is 0.345 e. The van der Waals surface area contributed by atoms with E-state index in [1.807, 2.05) is 20.8 Å². The normalized spacial score (nSPS) is 24.3. The zero-order chi connectivity index (χ0) is 11.6. The molecule has 2 atom stereocenters. The summed E-state index contributed by atoms with van der Waals surface area (Å²) in [4.78, 5) is 24.9. The molecule has 2 amide bonds. The number of nitrogens with two attached hydrogens (primary N) is 1. The maximum atomic E-state index is 11.6. The van der Waals surface area contributed by atoms with E-state index in [1.54, 1.807) is 4.90 Å². The SMILES string of the molecule is CC(N)CN1C(=O)CNC(=O)C1C(C)C. The highest BCUT2D eigenvalue weighted by molar-refractivity contribution is 5.95. The van der Waals surface area contributed by atoms with E-state index < -0.39 is 0 Å². The Morgan fingerprint density at radius 2 is 2.07 bits per heavy atom.